The van der Waals surface area contributed by atoms with Gasteiger partial charge in [0.2, 0.25) is 0 Å². The van der Waals surface area contributed by atoms with E-state index in [1.54, 1.807) is 0 Å². The molecular formula is C14H22F6O2. The van der Waals surface area contributed by atoms with Crippen LogP contribution in [0.25, 0.3) is 0 Å². The monoisotopic (exact) mass is 336 g/mol. The van der Waals surface area contributed by atoms with Crippen LogP contribution in [0, 0.1) is 11.3 Å². The minimum atomic E-state index is -5.89. The van der Waals surface area contributed by atoms with E-state index in [0.717, 1.165) is 0 Å². The van der Waals surface area contributed by atoms with Gasteiger partial charge in [-0.3, -0.25) is 0 Å². The van der Waals surface area contributed by atoms with Gasteiger partial charge in [0.05, 0.1) is 5.60 Å². The predicted octanol–water partition coefficient (Wildman–Crippen LogP) is 4.20. The number of hydrogen-bond donors (Lipinski definition) is 2. The summed E-state index contributed by atoms with van der Waals surface area (Å²) in [6.07, 6.45) is -13.3. The maximum absolute atomic E-state index is 12.7. The topological polar surface area (TPSA) is 40.5 Å². The lowest BCUT2D eigenvalue weighted by atomic mass is 9.66. The molecule has 0 spiro atoms. The molecule has 1 aliphatic rings. The Morgan fingerprint density at radius 1 is 0.909 bits per heavy atom. The van der Waals surface area contributed by atoms with Gasteiger partial charge >= 0.3 is 12.4 Å². The van der Waals surface area contributed by atoms with Gasteiger partial charge in [0.15, 0.2) is 0 Å². The molecule has 1 rings (SSSR count). The Balaban J connectivity index is 2.93. The Morgan fingerprint density at radius 2 is 1.27 bits per heavy atom. The van der Waals surface area contributed by atoms with Gasteiger partial charge in [-0.05, 0) is 37.0 Å². The van der Waals surface area contributed by atoms with Gasteiger partial charge in [0.1, 0.15) is 0 Å². The highest BCUT2D eigenvalue weighted by molar-refractivity contribution is 5.02. The van der Waals surface area contributed by atoms with Crippen LogP contribution in [0.3, 0.4) is 0 Å². The van der Waals surface area contributed by atoms with Crippen molar-refractivity contribution in [2.24, 2.45) is 11.3 Å². The van der Waals surface area contributed by atoms with Gasteiger partial charge in [-0.1, -0.05) is 20.8 Å². The quantitative estimate of drug-likeness (QED) is 0.742. The molecule has 0 unspecified atom stereocenters. The van der Waals surface area contributed by atoms with Gasteiger partial charge in [-0.15, -0.1) is 0 Å². The van der Waals surface area contributed by atoms with E-state index in [2.05, 4.69) is 0 Å². The molecule has 132 valence electrons. The van der Waals surface area contributed by atoms with Gasteiger partial charge in [0.25, 0.3) is 5.60 Å². The van der Waals surface area contributed by atoms with E-state index in [1.807, 2.05) is 20.8 Å². The van der Waals surface area contributed by atoms with E-state index in [9.17, 15) is 36.6 Å². The van der Waals surface area contributed by atoms with Gasteiger partial charge < -0.3 is 10.2 Å². The van der Waals surface area contributed by atoms with Crippen LogP contribution < -0.4 is 0 Å². The van der Waals surface area contributed by atoms with E-state index in [4.69, 9.17) is 0 Å². The zero-order valence-corrected chi connectivity index (χ0v) is 12.8. The summed E-state index contributed by atoms with van der Waals surface area (Å²) >= 11 is 0. The van der Waals surface area contributed by atoms with Gasteiger partial charge in [-0.2, -0.15) is 26.3 Å². The summed E-state index contributed by atoms with van der Waals surface area (Å²) in [4.78, 5) is 0. The van der Waals surface area contributed by atoms with Crippen molar-refractivity contribution in [3.8, 4) is 0 Å². The molecule has 2 N–H and O–H groups in total. The molecule has 8 heteroatoms. The summed E-state index contributed by atoms with van der Waals surface area (Å²) in [5, 5.41) is 19.4. The van der Waals surface area contributed by atoms with E-state index in [-0.39, 0.29) is 24.2 Å². The first-order valence-corrected chi connectivity index (χ1v) is 7.10. The first kappa shape index (κ1) is 19.5. The maximum atomic E-state index is 12.7. The molecule has 1 aliphatic carbocycles. The Labute approximate surface area is 125 Å². The molecule has 0 aromatic carbocycles. The summed E-state index contributed by atoms with van der Waals surface area (Å²) in [6, 6.07) is 0. The molecule has 0 radical (unpaired) electrons. The molecule has 1 fully saturated rings. The first-order valence-electron chi connectivity index (χ1n) is 7.10. The lowest BCUT2D eigenvalue weighted by Crippen LogP contribution is -2.61. The summed E-state index contributed by atoms with van der Waals surface area (Å²) in [5.74, 6) is 0.109. The fourth-order valence-corrected chi connectivity index (χ4v) is 3.04. The van der Waals surface area contributed by atoms with Crippen LogP contribution in [0.5, 0.6) is 0 Å². The average molecular weight is 336 g/mol. The van der Waals surface area contributed by atoms with Crippen molar-refractivity contribution in [1.29, 1.82) is 0 Å². The summed E-state index contributed by atoms with van der Waals surface area (Å²) in [6.45, 7) is 5.80. The zero-order valence-electron chi connectivity index (χ0n) is 12.8. The Bertz CT molecular complexity index is 372. The van der Waals surface area contributed by atoms with Crippen LogP contribution in [-0.4, -0.2) is 33.8 Å². The van der Waals surface area contributed by atoms with Crippen molar-refractivity contribution >= 4 is 0 Å². The molecule has 22 heavy (non-hydrogen) atoms. The minimum Gasteiger partial charge on any atom is -0.390 e. The third kappa shape index (κ3) is 3.88. The number of hydrogen-bond acceptors (Lipinski definition) is 2. The second kappa shape index (κ2) is 5.54. The average Bonchev–Trinajstić information content (AvgIpc) is 2.24. The second-order valence-electron chi connectivity index (χ2n) is 7.40. The normalized spacial score (nSPS) is 28.8. The van der Waals surface area contributed by atoms with Gasteiger partial charge in [0, 0.05) is 6.42 Å². The molecule has 0 aromatic heterocycles. The third-order valence-electron chi connectivity index (χ3n) is 4.66. The van der Waals surface area contributed by atoms with Crippen molar-refractivity contribution in [3.63, 3.8) is 0 Å². The highest BCUT2D eigenvalue weighted by Crippen LogP contribution is 2.51. The lowest BCUT2D eigenvalue weighted by molar-refractivity contribution is -0.379. The summed E-state index contributed by atoms with van der Waals surface area (Å²) < 4.78 is 76.3. The van der Waals surface area contributed by atoms with E-state index >= 15 is 0 Å². The highest BCUT2D eigenvalue weighted by atomic mass is 19.4. The summed E-state index contributed by atoms with van der Waals surface area (Å²) in [5.41, 5.74) is -7.18. The van der Waals surface area contributed by atoms with Crippen molar-refractivity contribution in [1.82, 2.24) is 0 Å². The minimum absolute atomic E-state index is 0.109. The maximum Gasteiger partial charge on any atom is 0.426 e. The SMILES string of the molecule is CC(C)(C)C1CCC(O)(CC(O)(C(F)(F)F)C(F)(F)F)CC1. The van der Waals surface area contributed by atoms with Gasteiger partial charge in [-0.25, -0.2) is 0 Å². The van der Waals surface area contributed by atoms with E-state index in [1.165, 1.54) is 0 Å². The standard InChI is InChI=1S/C14H22F6O2/c1-10(2,3)9-4-6-11(21,7-5-9)8-12(22,13(15,16)17)14(18,19)20/h9,21-22H,4-8H2,1-3H3. The van der Waals surface area contributed by atoms with Crippen LogP contribution in [0.1, 0.15) is 52.9 Å². The molecule has 2 nitrogen and oxygen atoms in total. The Hall–Kier alpha value is -0.500. The third-order valence-corrected chi connectivity index (χ3v) is 4.66. The predicted molar refractivity (Wildman–Crippen MR) is 68.0 cm³/mol. The molecule has 0 aromatic rings. The zero-order chi connectivity index (χ0) is 17.6. The molecule has 0 bridgehead atoms. The molecule has 0 saturated heterocycles. The van der Waals surface area contributed by atoms with Crippen molar-refractivity contribution in [2.75, 3.05) is 0 Å². The fraction of sp³-hybridized carbons (Fsp3) is 1.00. The van der Waals surface area contributed by atoms with Crippen LogP contribution in [0.15, 0.2) is 0 Å². The molecule has 0 amide bonds. The fourth-order valence-electron chi connectivity index (χ4n) is 3.04. The van der Waals surface area contributed by atoms with Crippen LogP contribution in [0.2, 0.25) is 0 Å². The van der Waals surface area contributed by atoms with Crippen LogP contribution >= 0.6 is 0 Å². The number of rotatable bonds is 2. The molecule has 0 heterocycles. The summed E-state index contributed by atoms with van der Waals surface area (Å²) in [7, 11) is 0. The Kier molecular flexibility index (Phi) is 4.93. The number of halogens is 6. The van der Waals surface area contributed by atoms with Crippen molar-refractivity contribution in [2.45, 2.75) is 76.4 Å². The van der Waals surface area contributed by atoms with Crippen LogP contribution in [-0.2, 0) is 0 Å². The molecular weight excluding hydrogens is 314 g/mol. The van der Waals surface area contributed by atoms with E-state index < -0.39 is 30.0 Å². The first-order chi connectivity index (χ1) is 9.52. The Morgan fingerprint density at radius 3 is 1.55 bits per heavy atom. The molecule has 1 saturated carbocycles. The lowest BCUT2D eigenvalue weighted by Gasteiger charge is -2.45. The highest BCUT2D eigenvalue weighted by Gasteiger charge is 2.72. The smallest absolute Gasteiger partial charge is 0.390 e. The largest absolute Gasteiger partial charge is 0.426 e. The van der Waals surface area contributed by atoms with Crippen molar-refractivity contribution < 1.29 is 36.6 Å². The van der Waals surface area contributed by atoms with E-state index in [0.29, 0.717) is 12.8 Å². The van der Waals surface area contributed by atoms with Crippen molar-refractivity contribution in [3.05, 3.63) is 0 Å². The number of alkyl halides is 6. The second-order valence-corrected chi connectivity index (χ2v) is 7.40. The molecule has 0 aliphatic heterocycles. The van der Waals surface area contributed by atoms with Crippen LogP contribution in [0.4, 0.5) is 26.3 Å². The number of aliphatic hydroxyl groups is 2. The molecule has 0 atom stereocenters.